The number of carboxylic acid groups (broad SMARTS) is 1. The molecule has 0 spiro atoms. The predicted octanol–water partition coefficient (Wildman–Crippen LogP) is 1.31. The van der Waals surface area contributed by atoms with Crippen LogP contribution in [0.3, 0.4) is 0 Å². The van der Waals surface area contributed by atoms with Gasteiger partial charge in [-0.1, -0.05) is 58.5 Å². The number of rotatable bonds is 14. The van der Waals surface area contributed by atoms with E-state index < -0.39 is 130 Å². The number of hydrogen-bond donors (Lipinski definition) is 5. The minimum Gasteiger partial charge on any atom is -0.480 e. The molecule has 1 aliphatic heterocycles. The second kappa shape index (κ2) is 26.3. The normalized spacial score (nSPS) is 20.8. The molecule has 8 amide bonds. The average Bonchev–Trinajstić information content (AvgIpc) is 3.39. The monoisotopic (exact) mass is 1100 g/mol. The number of fused-ring (bicyclic) bond motifs is 2. The Hall–Kier alpha value is -7.74. The summed E-state index contributed by atoms with van der Waals surface area (Å²) >= 11 is 2.05. The van der Waals surface area contributed by atoms with Crippen molar-refractivity contribution < 1.29 is 57.8 Å². The van der Waals surface area contributed by atoms with Crippen molar-refractivity contribution in [2.75, 3.05) is 46.8 Å². The van der Waals surface area contributed by atoms with Gasteiger partial charge in [-0.15, -0.1) is 23.5 Å². The van der Waals surface area contributed by atoms with Crippen molar-refractivity contribution in [3.63, 3.8) is 0 Å². The van der Waals surface area contributed by atoms with Gasteiger partial charge in [0.25, 0.3) is 17.7 Å². The van der Waals surface area contributed by atoms with Gasteiger partial charge in [-0.2, -0.15) is 0 Å². The summed E-state index contributed by atoms with van der Waals surface area (Å²) in [5.41, 5.74) is 1.05. The van der Waals surface area contributed by atoms with Crippen LogP contribution in [-0.2, 0) is 43.1 Å². The molecule has 5 rings (SSSR count). The van der Waals surface area contributed by atoms with Gasteiger partial charge in [0.1, 0.15) is 60.3 Å². The van der Waals surface area contributed by atoms with Gasteiger partial charge in [0.2, 0.25) is 29.5 Å². The number of likely N-dealkylation sites (N-methyl/N-ethyl adjacent to an activating group) is 4. The average molecular weight is 1100 g/mol. The van der Waals surface area contributed by atoms with E-state index in [0.717, 1.165) is 43.1 Å². The van der Waals surface area contributed by atoms with Gasteiger partial charge in [-0.25, -0.2) is 19.6 Å². The summed E-state index contributed by atoms with van der Waals surface area (Å²) in [4.78, 5) is 161. The van der Waals surface area contributed by atoms with E-state index in [0.29, 0.717) is 22.1 Å². The number of aliphatic carboxylic acids is 1. The van der Waals surface area contributed by atoms with Crippen molar-refractivity contribution >= 4 is 105 Å². The second-order valence-corrected chi connectivity index (χ2v) is 21.4. The van der Waals surface area contributed by atoms with Crippen molar-refractivity contribution in [2.24, 2.45) is 11.8 Å². The molecule has 412 valence electrons. The van der Waals surface area contributed by atoms with E-state index in [1.54, 1.807) is 82.5 Å². The molecule has 1 aliphatic rings. The number of amides is 8. The lowest BCUT2D eigenvalue weighted by atomic mass is 10.0. The molecule has 24 nitrogen and oxygen atoms in total. The van der Waals surface area contributed by atoms with Gasteiger partial charge >= 0.3 is 11.9 Å². The zero-order chi connectivity index (χ0) is 57.2. The molecular weight excluding hydrogens is 1040 g/mol. The van der Waals surface area contributed by atoms with Crippen LogP contribution < -0.4 is 21.3 Å². The highest BCUT2D eigenvalue weighted by molar-refractivity contribution is 8.16. The number of carbonyl (C=O) groups excluding carboxylic acids is 9. The number of carboxylic acids is 1. The largest absolute Gasteiger partial charge is 0.480 e. The fourth-order valence-corrected chi connectivity index (χ4v) is 11.0. The number of para-hydroxylation sites is 4. The smallest absolute Gasteiger partial charge is 0.329 e. The van der Waals surface area contributed by atoms with E-state index in [-0.39, 0.29) is 17.1 Å². The Bertz CT molecular complexity index is 2940. The van der Waals surface area contributed by atoms with Gasteiger partial charge in [0.05, 0.1) is 44.7 Å². The van der Waals surface area contributed by atoms with Crippen LogP contribution in [0.15, 0.2) is 73.2 Å². The zero-order valence-electron chi connectivity index (χ0n) is 44.5. The molecule has 0 aliphatic carbocycles. The lowest BCUT2D eigenvalue weighted by Crippen LogP contribution is -2.60. The maximum Gasteiger partial charge on any atom is 0.329 e. The summed E-state index contributed by atoms with van der Waals surface area (Å²) in [6.07, 6.45) is 4.03. The van der Waals surface area contributed by atoms with Crippen LogP contribution >= 0.6 is 23.5 Å². The van der Waals surface area contributed by atoms with E-state index in [9.17, 15) is 48.3 Å². The fraction of sp³-hybridized carbons (Fsp3) is 0.451. The highest BCUT2D eigenvalue weighted by Gasteiger charge is 2.44. The molecular formula is C51H64N12O12S2. The Morgan fingerprint density at radius 1 is 0.844 bits per heavy atom. The summed E-state index contributed by atoms with van der Waals surface area (Å²) in [6.45, 7) is 11.9. The number of ether oxygens (including phenoxy) is 1. The Labute approximate surface area is 453 Å². The van der Waals surface area contributed by atoms with Crippen LogP contribution in [0.4, 0.5) is 0 Å². The lowest BCUT2D eigenvalue weighted by molar-refractivity contribution is -0.159. The molecule has 1 saturated heterocycles. The quantitative estimate of drug-likeness (QED) is 0.0878. The molecule has 0 bridgehead atoms. The van der Waals surface area contributed by atoms with Gasteiger partial charge in [-0.05, 0) is 56.2 Å². The summed E-state index contributed by atoms with van der Waals surface area (Å²) < 4.78 is 4.69. The van der Waals surface area contributed by atoms with Crippen molar-refractivity contribution in [2.45, 2.75) is 88.4 Å². The maximum absolute atomic E-state index is 15.0. The summed E-state index contributed by atoms with van der Waals surface area (Å²) in [5, 5.41) is 20.1. The van der Waals surface area contributed by atoms with Crippen LogP contribution in [0, 0.1) is 11.8 Å². The Morgan fingerprint density at radius 2 is 1.39 bits per heavy atom. The highest BCUT2D eigenvalue weighted by Crippen LogP contribution is 2.32. The van der Waals surface area contributed by atoms with Gasteiger partial charge in [0, 0.05) is 33.9 Å². The topological polar surface area (TPSA) is 313 Å². The first kappa shape index (κ1) is 60.1. The number of carbonyl (C=O) groups is 10. The maximum atomic E-state index is 15.0. The van der Waals surface area contributed by atoms with Crippen LogP contribution in [-0.4, -0.2) is 198 Å². The number of cyclic esters (lactones) is 1. The van der Waals surface area contributed by atoms with Crippen molar-refractivity contribution in [1.29, 1.82) is 0 Å². The number of esters is 1. The summed E-state index contributed by atoms with van der Waals surface area (Å²) in [5.74, 6) is -10.9. The SMILES string of the molecule is C=C(NC(=O)c1cnc2ccccc2n1)C(=O)N[C@@H](C)C(=O)N(C)[C@H]1CSC(SC)[C@@H](C(=O)N(C)[C@H](C(=O)O)C(C)C)N(C)C(=O)[C@H](C)NC(=O)[C@H](NC(=O)c2cnc3ccccc3n2)COC(=O)[C@H](C(C)C)N(C)C1=O. The van der Waals surface area contributed by atoms with E-state index in [1.165, 1.54) is 54.4 Å². The minimum absolute atomic E-state index is 0.115. The van der Waals surface area contributed by atoms with E-state index in [2.05, 4.69) is 47.8 Å². The molecule has 0 radical (unpaired) electrons. The molecule has 26 heteroatoms. The van der Waals surface area contributed by atoms with E-state index in [4.69, 9.17) is 4.74 Å². The van der Waals surface area contributed by atoms with Crippen LogP contribution in [0.25, 0.3) is 22.1 Å². The molecule has 8 atom stereocenters. The first-order chi connectivity index (χ1) is 36.3. The third-order valence-electron chi connectivity index (χ3n) is 12.7. The first-order valence-corrected chi connectivity index (χ1v) is 26.6. The van der Waals surface area contributed by atoms with E-state index >= 15 is 4.79 Å². The lowest BCUT2D eigenvalue weighted by Gasteiger charge is -2.39. The fourth-order valence-electron chi connectivity index (χ4n) is 8.46. The molecule has 5 N–H and O–H groups in total. The van der Waals surface area contributed by atoms with E-state index in [1.807, 2.05) is 0 Å². The number of nitrogens with zero attached hydrogens (tertiary/aromatic N) is 8. The molecule has 4 aromatic rings. The summed E-state index contributed by atoms with van der Waals surface area (Å²) in [6, 6.07) is 3.34. The Balaban J connectivity index is 1.51. The third-order valence-corrected chi connectivity index (χ3v) is 15.5. The van der Waals surface area contributed by atoms with Crippen molar-refractivity contribution in [3.05, 3.63) is 84.6 Å². The molecule has 1 fully saturated rings. The van der Waals surface area contributed by atoms with Gasteiger partial charge < -0.3 is 50.7 Å². The predicted molar refractivity (Wildman–Crippen MR) is 286 cm³/mol. The molecule has 3 heterocycles. The number of thioether (sulfide) groups is 2. The number of aromatic nitrogens is 4. The number of benzene rings is 2. The van der Waals surface area contributed by atoms with Crippen molar-refractivity contribution in [1.82, 2.24) is 60.8 Å². The van der Waals surface area contributed by atoms with Gasteiger partial charge in [0.15, 0.2) is 0 Å². The molecule has 0 saturated carbocycles. The zero-order valence-corrected chi connectivity index (χ0v) is 46.1. The summed E-state index contributed by atoms with van der Waals surface area (Å²) in [7, 11) is 5.17. The standard InChI is InChI=1S/C51H64N12O12S2/c1-25(2)38(49(72)73)61(9)48(71)40-51(76-12)77-24-37(60(8)45(68)28(6)55-41(64)27(5)54-42(65)34-21-52-30-17-13-15-19-32(30)57-34)47(70)62(10)39(26(3)4)50(74)75-23-36(44(67)56-29(7)46(69)63(40)11)59-43(66)35-22-53-31-18-14-16-20-33(31)58-35/h13-22,25-26,28-29,36-40,51H,5,23-24H2,1-4,6-12H3,(H,54,65)(H,55,64)(H,56,67)(H,59,66)(H,72,73)/t28-,29-,36+,37-,38-,39-,40+,51?/m0/s1. The second-order valence-electron chi connectivity index (χ2n) is 18.9. The Morgan fingerprint density at radius 3 is 1.91 bits per heavy atom. The van der Waals surface area contributed by atoms with Crippen molar-refractivity contribution in [3.8, 4) is 0 Å². The number of nitrogens with one attached hydrogen (secondary N) is 4. The molecule has 1 unspecified atom stereocenters. The van der Waals surface area contributed by atoms with Crippen LogP contribution in [0.1, 0.15) is 62.5 Å². The highest BCUT2D eigenvalue weighted by atomic mass is 32.2. The molecule has 2 aromatic heterocycles. The van der Waals surface area contributed by atoms with Crippen LogP contribution in [0.5, 0.6) is 0 Å². The van der Waals surface area contributed by atoms with Gasteiger partial charge in [-0.3, -0.25) is 48.3 Å². The number of hydrogen-bond acceptors (Lipinski definition) is 17. The molecule has 77 heavy (non-hydrogen) atoms. The minimum atomic E-state index is -1.69. The first-order valence-electron chi connectivity index (χ1n) is 24.3. The third kappa shape index (κ3) is 14.4. The Kier molecular flexibility index (Phi) is 20.6. The van der Waals surface area contributed by atoms with Crippen LogP contribution in [0.2, 0.25) is 0 Å². The molecule has 2 aromatic carbocycles.